The van der Waals surface area contributed by atoms with Crippen LogP contribution in [0.4, 0.5) is 5.69 Å². The van der Waals surface area contributed by atoms with Gasteiger partial charge < -0.3 is 0 Å². The molecule has 1 radical (unpaired) electrons. The normalized spacial score (nSPS) is 16.0. The molecule has 0 bridgehead atoms. The number of para-hydroxylation sites is 1. The van der Waals surface area contributed by atoms with E-state index in [1.165, 1.54) is 5.56 Å². The van der Waals surface area contributed by atoms with Crippen molar-refractivity contribution >= 4 is 28.9 Å². The van der Waals surface area contributed by atoms with Gasteiger partial charge in [0.25, 0.3) is 0 Å². The monoisotopic (exact) mass is 340 g/mol. The van der Waals surface area contributed by atoms with Crippen molar-refractivity contribution in [3.05, 3.63) is 76.2 Å². The van der Waals surface area contributed by atoms with Gasteiger partial charge in [0.2, 0.25) is 0 Å². The van der Waals surface area contributed by atoms with Crippen LogP contribution in [0.25, 0.3) is 11.3 Å². The zero-order valence-corrected chi connectivity index (χ0v) is 13.6. The number of hydrogen-bond donors (Lipinski definition) is 0. The molecule has 4 rings (SSSR count). The maximum absolute atomic E-state index is 6.10. The fourth-order valence-electron chi connectivity index (χ4n) is 2.77. The van der Waals surface area contributed by atoms with E-state index in [1.54, 1.807) is 12.4 Å². The Morgan fingerprint density at radius 3 is 2.61 bits per heavy atom. The zero-order chi connectivity index (χ0) is 15.8. The Morgan fingerprint density at radius 2 is 1.78 bits per heavy atom. The molecule has 1 aliphatic heterocycles. The fraction of sp³-hybridized carbons (Fsp3) is 0.111. The van der Waals surface area contributed by atoms with Gasteiger partial charge in [-0.25, -0.2) is 9.97 Å². The Balaban J connectivity index is 1.66. The summed E-state index contributed by atoms with van der Waals surface area (Å²) in [4.78, 5) is 8.75. The lowest BCUT2D eigenvalue weighted by Gasteiger charge is -2.10. The van der Waals surface area contributed by atoms with Gasteiger partial charge in [0.15, 0.2) is 0 Å². The molecule has 0 aliphatic carbocycles. The van der Waals surface area contributed by atoms with Crippen molar-refractivity contribution in [2.24, 2.45) is 0 Å². The van der Waals surface area contributed by atoms with Crippen LogP contribution in [-0.2, 0) is 6.42 Å². The summed E-state index contributed by atoms with van der Waals surface area (Å²) in [6.45, 7) is 0. The first-order valence-electron chi connectivity index (χ1n) is 7.27. The lowest BCUT2D eigenvalue weighted by atomic mass is 10.1. The van der Waals surface area contributed by atoms with E-state index in [-0.39, 0.29) is 6.04 Å². The first-order valence-corrected chi connectivity index (χ1v) is 8.02. The topological polar surface area (TPSA) is 39.9 Å². The molecule has 2 heterocycles. The smallest absolute Gasteiger partial charge is 0.116 e. The van der Waals surface area contributed by atoms with Gasteiger partial charge in [0.05, 0.1) is 33.2 Å². The summed E-state index contributed by atoms with van der Waals surface area (Å²) in [6, 6.07) is 15.7. The summed E-state index contributed by atoms with van der Waals surface area (Å²) < 4.78 is 0. The second kappa shape index (κ2) is 5.84. The Morgan fingerprint density at radius 1 is 0.913 bits per heavy atom. The third-order valence-corrected chi connectivity index (χ3v) is 4.68. The molecule has 1 unspecified atom stereocenters. The standard InChI is InChI=1S/C18H12Cl2N3/c19-13-6-5-12(7-14(13)20)16-9-17(22-10-21-16)18-8-11-3-1-2-4-15(11)23-18/h1-7,9-10,18H,8H2. The molecule has 2 aromatic carbocycles. The summed E-state index contributed by atoms with van der Waals surface area (Å²) in [7, 11) is 0. The van der Waals surface area contributed by atoms with Crippen LogP contribution < -0.4 is 5.32 Å². The molecule has 0 amide bonds. The van der Waals surface area contributed by atoms with E-state index < -0.39 is 0 Å². The van der Waals surface area contributed by atoms with E-state index >= 15 is 0 Å². The van der Waals surface area contributed by atoms with Gasteiger partial charge >= 0.3 is 0 Å². The second-order valence-electron chi connectivity index (χ2n) is 5.43. The lowest BCUT2D eigenvalue weighted by molar-refractivity contribution is 0.643. The molecule has 23 heavy (non-hydrogen) atoms. The molecule has 113 valence electrons. The van der Waals surface area contributed by atoms with Gasteiger partial charge in [-0.15, -0.1) is 0 Å². The van der Waals surface area contributed by atoms with E-state index in [2.05, 4.69) is 16.0 Å². The molecule has 1 aliphatic rings. The predicted molar refractivity (Wildman–Crippen MR) is 92.2 cm³/mol. The van der Waals surface area contributed by atoms with Crippen LogP contribution in [0.5, 0.6) is 0 Å². The Hall–Kier alpha value is -2.10. The van der Waals surface area contributed by atoms with E-state index in [0.29, 0.717) is 10.0 Å². The Kier molecular flexibility index (Phi) is 3.68. The van der Waals surface area contributed by atoms with Gasteiger partial charge in [0.1, 0.15) is 6.33 Å². The first kappa shape index (κ1) is 14.5. The van der Waals surface area contributed by atoms with Crippen LogP contribution in [0.3, 0.4) is 0 Å². The number of nitrogens with zero attached hydrogens (tertiary/aromatic N) is 3. The van der Waals surface area contributed by atoms with Crippen LogP contribution in [0.15, 0.2) is 54.9 Å². The van der Waals surface area contributed by atoms with Crippen molar-refractivity contribution < 1.29 is 0 Å². The molecule has 3 aromatic rings. The number of halogens is 2. The third-order valence-electron chi connectivity index (χ3n) is 3.94. The van der Waals surface area contributed by atoms with E-state index in [9.17, 15) is 0 Å². The molecule has 0 spiro atoms. The quantitative estimate of drug-likeness (QED) is 0.659. The van der Waals surface area contributed by atoms with Gasteiger partial charge in [-0.1, -0.05) is 47.5 Å². The minimum Gasteiger partial charge on any atom is -0.275 e. The first-order chi connectivity index (χ1) is 11.2. The van der Waals surface area contributed by atoms with Gasteiger partial charge in [-0.2, -0.15) is 0 Å². The molecule has 1 atom stereocenters. The van der Waals surface area contributed by atoms with Crippen LogP contribution >= 0.6 is 23.2 Å². The zero-order valence-electron chi connectivity index (χ0n) is 12.1. The highest BCUT2D eigenvalue weighted by molar-refractivity contribution is 6.42. The highest BCUT2D eigenvalue weighted by Crippen LogP contribution is 2.34. The van der Waals surface area contributed by atoms with Crippen molar-refractivity contribution in [3.8, 4) is 11.3 Å². The summed E-state index contributed by atoms with van der Waals surface area (Å²) in [5.41, 5.74) is 4.95. The van der Waals surface area contributed by atoms with Gasteiger partial charge in [-0.05, 0) is 29.8 Å². The summed E-state index contributed by atoms with van der Waals surface area (Å²) in [5, 5.41) is 5.80. The van der Waals surface area contributed by atoms with Gasteiger partial charge in [-0.3, -0.25) is 5.32 Å². The lowest BCUT2D eigenvalue weighted by Crippen LogP contribution is -2.07. The largest absolute Gasteiger partial charge is 0.275 e. The summed E-state index contributed by atoms with van der Waals surface area (Å²) in [6.07, 6.45) is 2.44. The average Bonchev–Trinajstić information content (AvgIpc) is 3.02. The Labute approximate surface area is 144 Å². The van der Waals surface area contributed by atoms with E-state index in [4.69, 9.17) is 28.5 Å². The maximum Gasteiger partial charge on any atom is 0.116 e. The minimum atomic E-state index is 0.0388. The van der Waals surface area contributed by atoms with Crippen LogP contribution in [0, 0.1) is 0 Å². The molecule has 0 N–H and O–H groups in total. The molecular formula is C18H12Cl2N3. The van der Waals surface area contributed by atoms with Crippen molar-refractivity contribution in [2.75, 3.05) is 0 Å². The number of rotatable bonds is 2. The number of aromatic nitrogens is 2. The van der Waals surface area contributed by atoms with Gasteiger partial charge in [0, 0.05) is 12.0 Å². The summed E-state index contributed by atoms with van der Waals surface area (Å²) in [5.74, 6) is 0. The highest BCUT2D eigenvalue weighted by atomic mass is 35.5. The summed E-state index contributed by atoms with van der Waals surface area (Å²) >= 11 is 12.1. The predicted octanol–water partition coefficient (Wildman–Crippen LogP) is 4.98. The number of hydrogen-bond acceptors (Lipinski definition) is 2. The molecule has 0 saturated heterocycles. The fourth-order valence-corrected chi connectivity index (χ4v) is 3.07. The Bertz CT molecular complexity index is 855. The van der Waals surface area contributed by atoms with Crippen molar-refractivity contribution in [1.82, 2.24) is 15.3 Å². The van der Waals surface area contributed by atoms with Crippen molar-refractivity contribution in [2.45, 2.75) is 12.5 Å². The third kappa shape index (κ3) is 2.78. The average molecular weight is 341 g/mol. The van der Waals surface area contributed by atoms with E-state index in [1.807, 2.05) is 36.4 Å². The molecule has 0 fully saturated rings. The van der Waals surface area contributed by atoms with Crippen LogP contribution in [0.2, 0.25) is 10.0 Å². The number of benzene rings is 2. The SMILES string of the molecule is Clc1ccc(-c2cc(C3Cc4ccccc4[N]3)ncn2)cc1Cl. The maximum atomic E-state index is 6.10. The second-order valence-corrected chi connectivity index (χ2v) is 6.25. The molecular weight excluding hydrogens is 329 g/mol. The highest BCUT2D eigenvalue weighted by Gasteiger charge is 2.25. The number of fused-ring (bicyclic) bond motifs is 1. The van der Waals surface area contributed by atoms with E-state index in [0.717, 1.165) is 29.1 Å². The van der Waals surface area contributed by atoms with Crippen LogP contribution in [-0.4, -0.2) is 9.97 Å². The molecule has 5 heteroatoms. The molecule has 1 aromatic heterocycles. The molecule has 3 nitrogen and oxygen atoms in total. The molecule has 0 saturated carbocycles. The van der Waals surface area contributed by atoms with Crippen molar-refractivity contribution in [1.29, 1.82) is 0 Å². The minimum absolute atomic E-state index is 0.0388. The van der Waals surface area contributed by atoms with Crippen LogP contribution in [0.1, 0.15) is 17.3 Å². The van der Waals surface area contributed by atoms with Crippen molar-refractivity contribution in [3.63, 3.8) is 0 Å².